The summed E-state index contributed by atoms with van der Waals surface area (Å²) in [6.45, 7) is 0. The Kier molecular flexibility index (Phi) is 6.58. The number of benzene rings is 1. The van der Waals surface area contributed by atoms with E-state index in [1.165, 1.54) is 0 Å². The summed E-state index contributed by atoms with van der Waals surface area (Å²) < 4.78 is 6.34. The molecule has 4 N–H and O–H groups in total. The Labute approximate surface area is 174 Å². The number of allylic oxidation sites excluding steroid dienone is 3. The van der Waals surface area contributed by atoms with Crippen LogP contribution in [0.15, 0.2) is 41.7 Å². The number of nitrogens with two attached hydrogens (primary N) is 1. The number of rotatable bonds is 5. The minimum Gasteiger partial charge on any atom is -0.507 e. The number of carboxylic acids is 1. The molecular weight excluding hydrogens is 639 g/mol. The van der Waals surface area contributed by atoms with Crippen molar-refractivity contribution in [1.82, 2.24) is 0 Å². The van der Waals surface area contributed by atoms with E-state index in [4.69, 9.17) is 15.6 Å². The standard InChI is InChI=1S/C15H14I3NO4/c16-10-6-9(2-3-12(10)20)23-13-4-1-8(7-15(13,17)18)5-11(19)14(21)22/h1-4,6,11,20H,5,7,19H2,(H,21,22). The second-order valence-electron chi connectivity index (χ2n) is 5.10. The number of hydrogen-bond donors (Lipinski definition) is 3. The van der Waals surface area contributed by atoms with Gasteiger partial charge in [-0.2, -0.15) is 0 Å². The molecule has 0 spiro atoms. The first-order valence-corrected chi connectivity index (χ1v) is 9.85. The molecule has 1 aliphatic carbocycles. The van der Waals surface area contributed by atoms with Gasteiger partial charge in [0.1, 0.15) is 24.7 Å². The van der Waals surface area contributed by atoms with Crippen LogP contribution in [0.2, 0.25) is 0 Å². The smallest absolute Gasteiger partial charge is 0.320 e. The van der Waals surface area contributed by atoms with Crippen molar-refractivity contribution in [3.8, 4) is 11.5 Å². The van der Waals surface area contributed by atoms with Crippen molar-refractivity contribution in [1.29, 1.82) is 0 Å². The highest BCUT2D eigenvalue weighted by Crippen LogP contribution is 2.45. The first-order valence-electron chi connectivity index (χ1n) is 6.62. The Morgan fingerprint density at radius 2 is 2.09 bits per heavy atom. The van der Waals surface area contributed by atoms with E-state index in [9.17, 15) is 9.90 Å². The van der Waals surface area contributed by atoms with Gasteiger partial charge in [-0.05, 0) is 59.7 Å². The first kappa shape index (κ1) is 19.2. The molecule has 124 valence electrons. The number of aromatic hydroxyl groups is 1. The number of alkyl halides is 2. The van der Waals surface area contributed by atoms with Gasteiger partial charge in [0.15, 0.2) is 0 Å². The summed E-state index contributed by atoms with van der Waals surface area (Å²) in [4.78, 5) is 10.9. The van der Waals surface area contributed by atoms with Crippen LogP contribution in [0.25, 0.3) is 0 Å². The summed E-state index contributed by atoms with van der Waals surface area (Å²) in [5.41, 5.74) is 6.59. The molecule has 0 amide bonds. The zero-order chi connectivity index (χ0) is 17.2. The lowest BCUT2D eigenvalue weighted by Crippen LogP contribution is -2.32. The van der Waals surface area contributed by atoms with Crippen molar-refractivity contribution in [2.45, 2.75) is 20.3 Å². The van der Waals surface area contributed by atoms with Crippen molar-refractivity contribution in [3.63, 3.8) is 0 Å². The minimum atomic E-state index is -0.997. The lowest BCUT2D eigenvalue weighted by molar-refractivity contribution is -0.138. The van der Waals surface area contributed by atoms with Gasteiger partial charge in [0.2, 0.25) is 0 Å². The molecule has 2 rings (SSSR count). The highest BCUT2D eigenvalue weighted by Gasteiger charge is 2.34. The molecule has 1 unspecified atom stereocenters. The molecule has 1 aliphatic rings. The maximum absolute atomic E-state index is 10.9. The fraction of sp³-hybridized carbons (Fsp3) is 0.267. The van der Waals surface area contributed by atoms with Crippen molar-refractivity contribution >= 4 is 73.7 Å². The molecule has 5 nitrogen and oxygen atoms in total. The summed E-state index contributed by atoms with van der Waals surface area (Å²) in [5.74, 6) is 0.641. The third kappa shape index (κ3) is 5.19. The van der Waals surface area contributed by atoms with Gasteiger partial charge < -0.3 is 20.7 Å². The van der Waals surface area contributed by atoms with E-state index >= 15 is 0 Å². The van der Waals surface area contributed by atoms with Gasteiger partial charge in [0.25, 0.3) is 0 Å². The number of halogens is 3. The van der Waals surface area contributed by atoms with Gasteiger partial charge in [0, 0.05) is 0 Å². The highest BCUT2D eigenvalue weighted by molar-refractivity contribution is 14.2. The van der Waals surface area contributed by atoms with Gasteiger partial charge in [-0.15, -0.1) is 0 Å². The minimum absolute atomic E-state index is 0.218. The third-order valence-electron chi connectivity index (χ3n) is 3.23. The zero-order valence-corrected chi connectivity index (χ0v) is 18.3. The van der Waals surface area contributed by atoms with E-state index in [0.717, 1.165) is 11.3 Å². The zero-order valence-electron chi connectivity index (χ0n) is 11.8. The molecule has 0 aliphatic heterocycles. The Morgan fingerprint density at radius 1 is 1.39 bits per heavy atom. The second-order valence-corrected chi connectivity index (χ2v) is 12.0. The Balaban J connectivity index is 2.17. The van der Waals surface area contributed by atoms with E-state index in [-0.39, 0.29) is 7.18 Å². The van der Waals surface area contributed by atoms with Crippen LogP contribution in [-0.2, 0) is 4.79 Å². The number of carbonyl (C=O) groups is 1. The molecule has 0 aromatic heterocycles. The van der Waals surface area contributed by atoms with Crippen LogP contribution in [0.3, 0.4) is 0 Å². The molecule has 0 saturated carbocycles. The van der Waals surface area contributed by atoms with Crippen LogP contribution < -0.4 is 10.5 Å². The molecule has 0 bridgehead atoms. The van der Waals surface area contributed by atoms with Gasteiger partial charge in [-0.3, -0.25) is 4.79 Å². The number of phenols is 1. The normalized spacial score (nSPS) is 17.9. The summed E-state index contributed by atoms with van der Waals surface area (Å²) in [6.07, 6.45) is 4.71. The molecule has 1 aromatic carbocycles. The number of carboxylic acid groups (broad SMARTS) is 1. The van der Waals surface area contributed by atoms with Crippen molar-refractivity contribution in [2.24, 2.45) is 5.73 Å². The Bertz CT molecular complexity index is 685. The largest absolute Gasteiger partial charge is 0.507 e. The van der Waals surface area contributed by atoms with Crippen LogP contribution in [0, 0.1) is 3.57 Å². The van der Waals surface area contributed by atoms with Gasteiger partial charge in [0.05, 0.1) is 3.57 Å². The first-order chi connectivity index (χ1) is 10.7. The average molecular weight is 653 g/mol. The van der Waals surface area contributed by atoms with Crippen LogP contribution in [0.1, 0.15) is 12.8 Å². The Morgan fingerprint density at radius 3 is 2.65 bits per heavy atom. The summed E-state index contributed by atoms with van der Waals surface area (Å²) >= 11 is 6.62. The molecule has 1 atom stereocenters. The predicted octanol–water partition coefficient (Wildman–Crippen LogP) is 3.96. The van der Waals surface area contributed by atoms with Crippen LogP contribution >= 0.6 is 67.8 Å². The average Bonchev–Trinajstić information content (AvgIpc) is 2.45. The molecule has 0 fully saturated rings. The quantitative estimate of drug-likeness (QED) is 0.331. The second kappa shape index (κ2) is 7.87. The van der Waals surface area contributed by atoms with E-state index in [2.05, 4.69) is 45.2 Å². The monoisotopic (exact) mass is 653 g/mol. The van der Waals surface area contributed by atoms with Gasteiger partial charge in [-0.25, -0.2) is 0 Å². The number of aliphatic carboxylic acids is 1. The van der Waals surface area contributed by atoms with Gasteiger partial charge in [-0.1, -0.05) is 56.8 Å². The van der Waals surface area contributed by atoms with Crippen LogP contribution in [-0.4, -0.2) is 23.7 Å². The van der Waals surface area contributed by atoms with Crippen LogP contribution in [0.5, 0.6) is 11.5 Å². The van der Waals surface area contributed by atoms with E-state index < -0.39 is 12.0 Å². The summed E-state index contributed by atoms with van der Waals surface area (Å²) in [6, 6.07) is 4.18. The molecular formula is C15H14I3NO4. The maximum Gasteiger partial charge on any atom is 0.320 e. The molecule has 0 heterocycles. The number of phenolic OH excluding ortho intramolecular Hbond substituents is 1. The van der Waals surface area contributed by atoms with E-state index in [1.807, 2.05) is 34.7 Å². The lowest BCUT2D eigenvalue weighted by atomic mass is 9.97. The number of hydrogen-bond acceptors (Lipinski definition) is 4. The highest BCUT2D eigenvalue weighted by atomic mass is 127. The molecule has 0 saturated heterocycles. The van der Waals surface area contributed by atoms with Gasteiger partial charge >= 0.3 is 5.97 Å². The summed E-state index contributed by atoms with van der Waals surface area (Å²) in [7, 11) is 0. The SMILES string of the molecule is NC(CC1=CC=C(Oc2ccc(O)c(I)c2)C(I)(I)C1)C(=O)O. The van der Waals surface area contributed by atoms with Crippen molar-refractivity contribution in [3.05, 3.63) is 45.3 Å². The van der Waals surface area contributed by atoms with Crippen molar-refractivity contribution in [2.75, 3.05) is 0 Å². The van der Waals surface area contributed by atoms with E-state index in [1.54, 1.807) is 18.2 Å². The molecule has 8 heteroatoms. The maximum atomic E-state index is 10.9. The van der Waals surface area contributed by atoms with Crippen LogP contribution in [0.4, 0.5) is 0 Å². The molecule has 1 aromatic rings. The van der Waals surface area contributed by atoms with E-state index in [0.29, 0.717) is 22.2 Å². The molecule has 23 heavy (non-hydrogen) atoms. The topological polar surface area (TPSA) is 92.8 Å². The third-order valence-corrected chi connectivity index (χ3v) is 5.92. The predicted molar refractivity (Wildman–Crippen MR) is 113 cm³/mol. The number of ether oxygens (including phenoxy) is 1. The fourth-order valence-electron chi connectivity index (χ4n) is 2.04. The summed E-state index contributed by atoms with van der Waals surface area (Å²) in [5, 5.41) is 18.5. The molecule has 0 radical (unpaired) electrons. The fourth-order valence-corrected chi connectivity index (χ4v) is 4.09. The lowest BCUT2D eigenvalue weighted by Gasteiger charge is -2.29. The Hall–Kier alpha value is -0.0800. The van der Waals surface area contributed by atoms with Crippen molar-refractivity contribution < 1.29 is 19.7 Å².